The number of hydrogen-bond acceptors (Lipinski definition) is 7. The van der Waals surface area contributed by atoms with Crippen LogP contribution >= 0.6 is 0 Å². The Labute approximate surface area is 321 Å². The van der Waals surface area contributed by atoms with Gasteiger partial charge in [-0.2, -0.15) is 0 Å². The predicted molar refractivity (Wildman–Crippen MR) is 211 cm³/mol. The van der Waals surface area contributed by atoms with Gasteiger partial charge in [-0.25, -0.2) is 23.2 Å². The molecular weight excluding hydrogens is 706 g/mol. The third-order valence-corrected chi connectivity index (χ3v) is 12.6. The lowest BCUT2D eigenvalue weighted by atomic mass is 9.93. The molecule has 4 aromatic rings. The summed E-state index contributed by atoms with van der Waals surface area (Å²) in [6.45, 7) is 20.8. The molecule has 2 unspecified atom stereocenters. The van der Waals surface area contributed by atoms with Gasteiger partial charge in [0.15, 0.2) is 0 Å². The number of hydrogen-bond donors (Lipinski definition) is 3. The molecule has 0 radical (unpaired) electrons. The summed E-state index contributed by atoms with van der Waals surface area (Å²) >= 11 is 0. The summed E-state index contributed by atoms with van der Waals surface area (Å²) in [4.78, 5) is 49.9. The number of aromatic amines is 2. The summed E-state index contributed by atoms with van der Waals surface area (Å²) in [6.07, 6.45) is 5.43. The fraction of sp³-hybridized carbons (Fsp3) is 0.634. The largest absolute Gasteiger partial charge is 0.444 e. The Hall–Kier alpha value is -4.01. The lowest BCUT2D eigenvalue weighted by Gasteiger charge is -2.43. The van der Waals surface area contributed by atoms with E-state index in [1.165, 1.54) is 18.6 Å². The van der Waals surface area contributed by atoms with Crippen LogP contribution in [0.1, 0.15) is 96.4 Å². The third-order valence-electron chi connectivity index (χ3n) is 12.6. The number of aryl methyl sites for hydroxylation is 2. The molecule has 4 aliphatic heterocycles. The van der Waals surface area contributed by atoms with Crippen molar-refractivity contribution in [1.82, 2.24) is 39.1 Å². The van der Waals surface area contributed by atoms with Crippen LogP contribution in [-0.2, 0) is 4.74 Å². The van der Waals surface area contributed by atoms with Crippen LogP contribution in [0.25, 0.3) is 22.1 Å². The third kappa shape index (κ3) is 7.86. The highest BCUT2D eigenvalue weighted by Gasteiger charge is 2.43. The van der Waals surface area contributed by atoms with Crippen LogP contribution in [0.2, 0.25) is 0 Å². The van der Waals surface area contributed by atoms with Gasteiger partial charge in [0.25, 0.3) is 0 Å². The number of imidazole rings is 2. The second-order valence-corrected chi connectivity index (χ2v) is 17.8. The van der Waals surface area contributed by atoms with Gasteiger partial charge in [0.1, 0.15) is 17.2 Å². The van der Waals surface area contributed by atoms with E-state index in [2.05, 4.69) is 38.9 Å². The van der Waals surface area contributed by atoms with Crippen LogP contribution in [-0.4, -0.2) is 109 Å². The molecule has 2 aromatic carbocycles. The van der Waals surface area contributed by atoms with Crippen molar-refractivity contribution < 1.29 is 18.3 Å². The number of nitrogens with zero attached hydrogens (tertiary/aromatic N) is 5. The fourth-order valence-electron chi connectivity index (χ4n) is 9.31. The Morgan fingerprint density at radius 3 is 1.65 bits per heavy atom. The van der Waals surface area contributed by atoms with Crippen LogP contribution in [0.4, 0.5) is 13.6 Å². The van der Waals surface area contributed by atoms with Crippen LogP contribution in [0.15, 0.2) is 33.9 Å². The smallest absolute Gasteiger partial charge is 0.410 e. The number of H-pyrrole nitrogens is 2. The van der Waals surface area contributed by atoms with E-state index in [1.807, 2.05) is 25.3 Å². The van der Waals surface area contributed by atoms with Crippen molar-refractivity contribution >= 4 is 28.2 Å². The van der Waals surface area contributed by atoms with E-state index in [9.17, 15) is 23.2 Å². The quantitative estimate of drug-likeness (QED) is 0.234. The molecule has 300 valence electrons. The summed E-state index contributed by atoms with van der Waals surface area (Å²) in [6, 6.07) is 6.65. The Morgan fingerprint density at radius 1 is 0.745 bits per heavy atom. The van der Waals surface area contributed by atoms with E-state index in [0.29, 0.717) is 35.2 Å². The number of likely N-dealkylation sites (tertiary alicyclic amines) is 3. The van der Waals surface area contributed by atoms with E-state index in [4.69, 9.17) is 4.74 Å². The molecular formula is C41H58F2N8O4. The Kier molecular flexibility index (Phi) is 10.6. The van der Waals surface area contributed by atoms with Gasteiger partial charge in [-0.3, -0.25) is 18.9 Å². The number of nitrogens with one attached hydrogen (secondary N) is 3. The highest BCUT2D eigenvalue weighted by Crippen LogP contribution is 2.35. The topological polar surface area (TPSA) is 124 Å². The maximum atomic E-state index is 13.9. The monoisotopic (exact) mass is 764 g/mol. The van der Waals surface area contributed by atoms with Gasteiger partial charge in [-0.1, -0.05) is 0 Å². The Balaban J connectivity index is 0.000000174. The zero-order chi connectivity index (χ0) is 39.4. The number of rotatable bonds is 4. The van der Waals surface area contributed by atoms with Crippen LogP contribution in [0.3, 0.4) is 0 Å². The second-order valence-electron chi connectivity index (χ2n) is 17.8. The molecule has 14 heteroatoms. The Morgan fingerprint density at radius 2 is 1.22 bits per heavy atom. The zero-order valence-electron chi connectivity index (χ0n) is 33.5. The molecule has 4 saturated heterocycles. The van der Waals surface area contributed by atoms with Crippen molar-refractivity contribution in [3.63, 3.8) is 0 Å². The molecule has 0 spiro atoms. The minimum Gasteiger partial charge on any atom is -0.444 e. The van der Waals surface area contributed by atoms with E-state index >= 15 is 0 Å². The second kappa shape index (κ2) is 14.8. The average Bonchev–Trinajstić information content (AvgIpc) is 3.90. The molecule has 2 aromatic heterocycles. The van der Waals surface area contributed by atoms with Gasteiger partial charge in [0, 0.05) is 69.0 Å². The van der Waals surface area contributed by atoms with Crippen molar-refractivity contribution in [2.45, 2.75) is 116 Å². The molecule has 2 atom stereocenters. The molecule has 1 amide bonds. The lowest BCUT2D eigenvalue weighted by Crippen LogP contribution is -2.52. The first-order valence-corrected chi connectivity index (χ1v) is 19.9. The van der Waals surface area contributed by atoms with Gasteiger partial charge in [0.2, 0.25) is 0 Å². The summed E-state index contributed by atoms with van der Waals surface area (Å²) in [7, 11) is 0. The van der Waals surface area contributed by atoms with E-state index < -0.39 is 5.60 Å². The van der Waals surface area contributed by atoms with Crippen molar-refractivity contribution in [3.05, 3.63) is 68.0 Å². The van der Waals surface area contributed by atoms with Crippen LogP contribution in [0, 0.1) is 25.5 Å². The number of amides is 1. The number of carbonyl (C=O) groups excluding carboxylic acids is 1. The van der Waals surface area contributed by atoms with Gasteiger partial charge >= 0.3 is 17.5 Å². The molecule has 4 fully saturated rings. The lowest BCUT2D eigenvalue weighted by molar-refractivity contribution is 0.0221. The Bertz CT molecular complexity index is 2160. The zero-order valence-corrected chi connectivity index (χ0v) is 33.5. The number of benzene rings is 2. The number of carbonyl (C=O) groups is 1. The molecule has 55 heavy (non-hydrogen) atoms. The number of piperidine rings is 2. The first-order valence-electron chi connectivity index (χ1n) is 19.9. The van der Waals surface area contributed by atoms with E-state index in [1.54, 1.807) is 35.4 Å². The minimum atomic E-state index is -0.498. The van der Waals surface area contributed by atoms with Gasteiger partial charge < -0.3 is 24.9 Å². The van der Waals surface area contributed by atoms with Crippen LogP contribution < -0.4 is 16.7 Å². The molecule has 4 aliphatic rings. The standard InChI is InChI=1S/C23H33FN4O3.C18H25FN4O/c1-15-12-19-18(13-17(15)24)25-20(29)28(19)16-6-9-27(10-7-16)23(5)8-11-26(14-23)21(30)31-22(2,3)4;1-12-9-16-15(10-14(12)19)21-17(24)23(16)13-3-7-22(8-4-13)18(2)5-6-20-11-18/h12-13,16H,6-11,14H2,1-5H3,(H,25,29);9-10,13,20H,3-8,11H2,1-2H3,(H,21,24). The van der Waals surface area contributed by atoms with Gasteiger partial charge in [-0.15, -0.1) is 0 Å². The fourth-order valence-corrected chi connectivity index (χ4v) is 9.31. The number of halogens is 2. The maximum absolute atomic E-state index is 13.9. The summed E-state index contributed by atoms with van der Waals surface area (Å²) in [5, 5.41) is 3.46. The predicted octanol–water partition coefficient (Wildman–Crippen LogP) is 5.98. The maximum Gasteiger partial charge on any atom is 0.410 e. The number of aromatic nitrogens is 4. The summed E-state index contributed by atoms with van der Waals surface area (Å²) in [5.74, 6) is -0.577. The first-order chi connectivity index (χ1) is 25.9. The number of ether oxygens (including phenoxy) is 1. The van der Waals surface area contributed by atoms with Crippen molar-refractivity contribution in [2.24, 2.45) is 0 Å². The van der Waals surface area contributed by atoms with Crippen LogP contribution in [0.5, 0.6) is 0 Å². The molecule has 0 bridgehead atoms. The molecule has 12 nitrogen and oxygen atoms in total. The highest BCUT2D eigenvalue weighted by atomic mass is 19.1. The van der Waals surface area contributed by atoms with Crippen molar-refractivity contribution in [3.8, 4) is 0 Å². The molecule has 6 heterocycles. The molecule has 8 rings (SSSR count). The van der Waals surface area contributed by atoms with Crippen molar-refractivity contribution in [2.75, 3.05) is 52.4 Å². The summed E-state index contributed by atoms with van der Waals surface area (Å²) < 4.78 is 36.8. The van der Waals surface area contributed by atoms with Gasteiger partial charge in [0.05, 0.1) is 22.1 Å². The van der Waals surface area contributed by atoms with Crippen molar-refractivity contribution in [1.29, 1.82) is 0 Å². The first kappa shape index (κ1) is 39.2. The number of fused-ring (bicyclic) bond motifs is 2. The molecule has 0 saturated carbocycles. The normalized spacial score (nSPS) is 24.9. The SMILES string of the molecule is Cc1cc2c(cc1F)[nH]c(=O)n2C1CCN(C2(C)CCN(C(=O)OC(C)(C)C)C2)CC1.Cc1cc2c(cc1F)[nH]c(=O)n2C1CCN(C2(C)CCNC2)CC1. The molecule has 3 N–H and O–H groups in total. The molecule has 0 aliphatic carbocycles. The van der Waals surface area contributed by atoms with E-state index in [-0.39, 0.29) is 52.3 Å². The highest BCUT2D eigenvalue weighted by molar-refractivity contribution is 5.77. The van der Waals surface area contributed by atoms with E-state index in [0.717, 1.165) is 82.4 Å². The van der Waals surface area contributed by atoms with Gasteiger partial charge in [-0.05, 0) is 129 Å². The average molecular weight is 765 g/mol. The minimum absolute atomic E-state index is 0.0781. The summed E-state index contributed by atoms with van der Waals surface area (Å²) in [5.41, 5.74) is 3.21.